The van der Waals surface area contributed by atoms with Crippen molar-refractivity contribution < 1.29 is 14.0 Å². The SMILES string of the molecule is O=C(NC1CCCCC1)C(Cc1ccccc1)N(Cc1ccccc1)C(=O)CSCc1ccc(F)cc1. The number of nitrogens with one attached hydrogen (secondary N) is 1. The normalized spacial score (nSPS) is 14.6. The molecular formula is C31H35FN2O2S. The number of hydrogen-bond acceptors (Lipinski definition) is 3. The molecule has 194 valence electrons. The third-order valence-electron chi connectivity index (χ3n) is 6.83. The number of amides is 2. The maximum atomic E-state index is 13.7. The molecule has 0 bridgehead atoms. The van der Waals surface area contributed by atoms with Crippen molar-refractivity contribution in [1.29, 1.82) is 0 Å². The molecule has 1 atom stereocenters. The maximum absolute atomic E-state index is 13.7. The van der Waals surface area contributed by atoms with E-state index in [-0.39, 0.29) is 29.4 Å². The highest BCUT2D eigenvalue weighted by atomic mass is 32.2. The lowest BCUT2D eigenvalue weighted by Gasteiger charge is -2.33. The van der Waals surface area contributed by atoms with Crippen molar-refractivity contribution in [3.63, 3.8) is 0 Å². The van der Waals surface area contributed by atoms with Crippen molar-refractivity contribution >= 4 is 23.6 Å². The Hall–Kier alpha value is -3.12. The van der Waals surface area contributed by atoms with Gasteiger partial charge in [0.25, 0.3) is 0 Å². The smallest absolute Gasteiger partial charge is 0.243 e. The van der Waals surface area contributed by atoms with Crippen LogP contribution in [0.25, 0.3) is 0 Å². The van der Waals surface area contributed by atoms with E-state index in [0.29, 0.717) is 18.7 Å². The Morgan fingerprint density at radius 3 is 2.11 bits per heavy atom. The van der Waals surface area contributed by atoms with Crippen LogP contribution < -0.4 is 5.32 Å². The van der Waals surface area contributed by atoms with E-state index in [0.717, 1.165) is 42.4 Å². The van der Waals surface area contributed by atoms with Gasteiger partial charge in [-0.1, -0.05) is 92.1 Å². The monoisotopic (exact) mass is 518 g/mol. The molecule has 0 aliphatic heterocycles. The van der Waals surface area contributed by atoms with E-state index in [1.54, 1.807) is 17.0 Å². The molecule has 6 heteroatoms. The molecule has 0 aromatic heterocycles. The van der Waals surface area contributed by atoms with Gasteiger partial charge >= 0.3 is 0 Å². The molecule has 1 saturated carbocycles. The van der Waals surface area contributed by atoms with Crippen molar-refractivity contribution in [3.8, 4) is 0 Å². The van der Waals surface area contributed by atoms with Crippen LogP contribution in [0.1, 0.15) is 48.8 Å². The average Bonchev–Trinajstić information content (AvgIpc) is 2.93. The van der Waals surface area contributed by atoms with Crippen LogP contribution in [0, 0.1) is 5.82 Å². The van der Waals surface area contributed by atoms with Gasteiger partial charge in [-0.15, -0.1) is 11.8 Å². The molecule has 1 aliphatic rings. The molecule has 2 amide bonds. The zero-order valence-electron chi connectivity index (χ0n) is 21.2. The highest BCUT2D eigenvalue weighted by Crippen LogP contribution is 2.21. The Labute approximate surface area is 223 Å². The van der Waals surface area contributed by atoms with Gasteiger partial charge in [-0.25, -0.2) is 4.39 Å². The van der Waals surface area contributed by atoms with Gasteiger partial charge in [-0.05, 0) is 41.7 Å². The number of halogens is 1. The van der Waals surface area contributed by atoms with E-state index in [1.807, 2.05) is 60.7 Å². The van der Waals surface area contributed by atoms with Gasteiger partial charge in [0.15, 0.2) is 0 Å². The minimum Gasteiger partial charge on any atom is -0.352 e. The highest BCUT2D eigenvalue weighted by Gasteiger charge is 2.31. The lowest BCUT2D eigenvalue weighted by atomic mass is 9.94. The van der Waals surface area contributed by atoms with Gasteiger partial charge in [0, 0.05) is 24.8 Å². The molecule has 0 saturated heterocycles. The average molecular weight is 519 g/mol. The summed E-state index contributed by atoms with van der Waals surface area (Å²) in [5.74, 6) is 0.417. The second-order valence-electron chi connectivity index (χ2n) is 9.68. The predicted molar refractivity (Wildman–Crippen MR) is 149 cm³/mol. The Morgan fingerprint density at radius 1 is 0.838 bits per heavy atom. The summed E-state index contributed by atoms with van der Waals surface area (Å²) in [6.07, 6.45) is 5.90. The fourth-order valence-electron chi connectivity index (χ4n) is 4.80. The third-order valence-corrected chi connectivity index (χ3v) is 7.81. The first kappa shape index (κ1) is 26.9. The quantitative estimate of drug-likeness (QED) is 0.331. The minimum atomic E-state index is -0.608. The van der Waals surface area contributed by atoms with Crippen molar-refractivity contribution in [1.82, 2.24) is 10.2 Å². The lowest BCUT2D eigenvalue weighted by molar-refractivity contribution is -0.139. The lowest BCUT2D eigenvalue weighted by Crippen LogP contribution is -2.53. The zero-order chi connectivity index (χ0) is 25.9. The molecule has 1 N–H and O–H groups in total. The van der Waals surface area contributed by atoms with Crippen molar-refractivity contribution in [3.05, 3.63) is 107 Å². The van der Waals surface area contributed by atoms with Crippen LogP contribution in [-0.2, 0) is 28.3 Å². The second-order valence-corrected chi connectivity index (χ2v) is 10.7. The minimum absolute atomic E-state index is 0.0734. The Bertz CT molecular complexity index is 1120. The van der Waals surface area contributed by atoms with E-state index in [1.165, 1.54) is 30.3 Å². The van der Waals surface area contributed by atoms with E-state index in [9.17, 15) is 14.0 Å². The standard InChI is InChI=1S/C31H35FN2O2S/c32-27-18-16-26(17-19-27)22-37-23-30(35)34(21-25-12-6-2-7-13-25)29(20-24-10-4-1-5-11-24)31(36)33-28-14-8-3-9-15-28/h1-2,4-7,10-13,16-19,28-29H,3,8-9,14-15,20-23H2,(H,33,36). The van der Waals surface area contributed by atoms with Crippen molar-refractivity contribution in [2.45, 2.75) is 62.9 Å². The fourth-order valence-corrected chi connectivity index (χ4v) is 5.67. The molecule has 0 heterocycles. The predicted octanol–water partition coefficient (Wildman–Crippen LogP) is 6.15. The van der Waals surface area contributed by atoms with Gasteiger partial charge in [-0.2, -0.15) is 0 Å². The molecule has 0 spiro atoms. The van der Waals surface area contributed by atoms with Crippen LogP contribution in [0.3, 0.4) is 0 Å². The summed E-state index contributed by atoms with van der Waals surface area (Å²) in [4.78, 5) is 29.2. The number of carbonyl (C=O) groups excluding carboxylic acids is 2. The number of hydrogen-bond donors (Lipinski definition) is 1. The molecule has 1 unspecified atom stereocenters. The first-order chi connectivity index (χ1) is 18.1. The zero-order valence-corrected chi connectivity index (χ0v) is 22.0. The topological polar surface area (TPSA) is 49.4 Å². The van der Waals surface area contributed by atoms with Crippen LogP contribution >= 0.6 is 11.8 Å². The maximum Gasteiger partial charge on any atom is 0.243 e. The Kier molecular flexibility index (Phi) is 10.2. The van der Waals surface area contributed by atoms with Gasteiger partial charge in [0.1, 0.15) is 11.9 Å². The van der Waals surface area contributed by atoms with Crippen LogP contribution in [0.2, 0.25) is 0 Å². The first-order valence-electron chi connectivity index (χ1n) is 13.1. The summed E-state index contributed by atoms with van der Waals surface area (Å²) >= 11 is 1.48. The third kappa shape index (κ3) is 8.46. The summed E-state index contributed by atoms with van der Waals surface area (Å²) in [5.41, 5.74) is 2.98. The van der Waals surface area contributed by atoms with Crippen molar-refractivity contribution in [2.24, 2.45) is 0 Å². The molecule has 4 nitrogen and oxygen atoms in total. The van der Waals surface area contributed by atoms with E-state index >= 15 is 0 Å². The largest absolute Gasteiger partial charge is 0.352 e. The number of thioether (sulfide) groups is 1. The van der Waals surface area contributed by atoms with Crippen LogP contribution in [0.5, 0.6) is 0 Å². The molecule has 0 radical (unpaired) electrons. The second kappa shape index (κ2) is 14.0. The fraction of sp³-hybridized carbons (Fsp3) is 0.355. The van der Waals surface area contributed by atoms with E-state index < -0.39 is 6.04 Å². The van der Waals surface area contributed by atoms with Crippen LogP contribution in [-0.4, -0.2) is 34.6 Å². The van der Waals surface area contributed by atoms with Crippen LogP contribution in [0.15, 0.2) is 84.9 Å². The van der Waals surface area contributed by atoms with Gasteiger partial charge in [-0.3, -0.25) is 9.59 Å². The number of benzene rings is 3. The Morgan fingerprint density at radius 2 is 1.46 bits per heavy atom. The summed E-state index contributed by atoms with van der Waals surface area (Å²) in [5, 5.41) is 3.27. The van der Waals surface area contributed by atoms with Crippen molar-refractivity contribution in [2.75, 3.05) is 5.75 Å². The molecule has 37 heavy (non-hydrogen) atoms. The molecule has 3 aromatic rings. The molecule has 3 aromatic carbocycles. The molecule has 4 rings (SSSR count). The molecule has 1 fully saturated rings. The molecule has 1 aliphatic carbocycles. The number of carbonyl (C=O) groups is 2. The summed E-state index contributed by atoms with van der Waals surface area (Å²) < 4.78 is 13.3. The van der Waals surface area contributed by atoms with Gasteiger partial charge in [0.2, 0.25) is 11.8 Å². The van der Waals surface area contributed by atoms with Gasteiger partial charge < -0.3 is 10.2 Å². The summed E-state index contributed by atoms with van der Waals surface area (Å²) in [6, 6.07) is 25.7. The first-order valence-corrected chi connectivity index (χ1v) is 14.2. The van der Waals surface area contributed by atoms with Crippen LogP contribution in [0.4, 0.5) is 4.39 Å². The van der Waals surface area contributed by atoms with E-state index in [4.69, 9.17) is 0 Å². The molecular weight excluding hydrogens is 483 g/mol. The summed E-state index contributed by atoms with van der Waals surface area (Å²) in [6.45, 7) is 0.367. The van der Waals surface area contributed by atoms with Gasteiger partial charge in [0.05, 0.1) is 5.75 Å². The number of rotatable bonds is 11. The Balaban J connectivity index is 1.54. The number of nitrogens with zero attached hydrogens (tertiary/aromatic N) is 1. The van der Waals surface area contributed by atoms with E-state index in [2.05, 4.69) is 5.32 Å². The highest BCUT2D eigenvalue weighted by molar-refractivity contribution is 7.99. The summed E-state index contributed by atoms with van der Waals surface area (Å²) in [7, 11) is 0.